The van der Waals surface area contributed by atoms with Crippen LogP contribution in [-0.4, -0.2) is 12.6 Å². The molecule has 0 amide bonds. The van der Waals surface area contributed by atoms with Crippen LogP contribution in [-0.2, 0) is 0 Å². The zero-order valence-corrected chi connectivity index (χ0v) is 10.0. The zero-order valence-electron chi connectivity index (χ0n) is 10.0. The van der Waals surface area contributed by atoms with Crippen molar-refractivity contribution in [1.82, 2.24) is 5.32 Å². The molecule has 0 spiro atoms. The minimum absolute atomic E-state index is 0.794. The summed E-state index contributed by atoms with van der Waals surface area (Å²) in [5.74, 6) is 3.23. The monoisotopic (exact) mass is 207 g/mol. The Balaban J connectivity index is 1.74. The molecule has 0 saturated heterocycles. The van der Waals surface area contributed by atoms with Gasteiger partial charge >= 0.3 is 0 Å². The highest BCUT2D eigenvalue weighted by Crippen LogP contribution is 2.55. The third-order valence-corrected chi connectivity index (χ3v) is 4.24. The van der Waals surface area contributed by atoms with E-state index < -0.39 is 0 Å². The number of hydrogen-bond donors (Lipinski definition) is 1. The van der Waals surface area contributed by atoms with Crippen molar-refractivity contribution in [3.8, 4) is 0 Å². The molecule has 0 aliphatic heterocycles. The lowest BCUT2D eigenvalue weighted by Crippen LogP contribution is -2.35. The Morgan fingerprint density at radius 3 is 2.67 bits per heavy atom. The average Bonchev–Trinajstić information content (AvgIpc) is 2.85. The van der Waals surface area contributed by atoms with Gasteiger partial charge in [-0.05, 0) is 62.8 Å². The fourth-order valence-electron chi connectivity index (χ4n) is 3.34. The number of fused-ring (bicyclic) bond motifs is 1. The van der Waals surface area contributed by atoms with Crippen molar-refractivity contribution in [2.45, 2.75) is 51.5 Å². The van der Waals surface area contributed by atoms with E-state index in [4.69, 9.17) is 0 Å². The van der Waals surface area contributed by atoms with Gasteiger partial charge in [0.2, 0.25) is 0 Å². The van der Waals surface area contributed by atoms with Gasteiger partial charge in [-0.15, -0.1) is 6.58 Å². The Hall–Kier alpha value is -0.300. The fraction of sp³-hybridized carbons (Fsp3) is 0.857. The largest absolute Gasteiger partial charge is 0.314 e. The SMILES string of the molecule is C=CCCCC(NCC)C1CC2CC2C1. The molecular formula is C14H25N. The van der Waals surface area contributed by atoms with Crippen LogP contribution in [0.3, 0.4) is 0 Å². The van der Waals surface area contributed by atoms with E-state index in [1.54, 1.807) is 6.42 Å². The van der Waals surface area contributed by atoms with Crippen LogP contribution in [0.15, 0.2) is 12.7 Å². The molecule has 2 rings (SSSR count). The Morgan fingerprint density at radius 2 is 2.07 bits per heavy atom. The normalized spacial score (nSPS) is 34.9. The van der Waals surface area contributed by atoms with Crippen molar-refractivity contribution < 1.29 is 0 Å². The molecule has 3 unspecified atom stereocenters. The van der Waals surface area contributed by atoms with Gasteiger partial charge in [0.1, 0.15) is 0 Å². The van der Waals surface area contributed by atoms with Gasteiger partial charge in [0.25, 0.3) is 0 Å². The van der Waals surface area contributed by atoms with E-state index in [9.17, 15) is 0 Å². The lowest BCUT2D eigenvalue weighted by atomic mass is 9.90. The van der Waals surface area contributed by atoms with E-state index in [2.05, 4.69) is 24.9 Å². The van der Waals surface area contributed by atoms with Crippen molar-refractivity contribution in [2.75, 3.05) is 6.54 Å². The fourth-order valence-corrected chi connectivity index (χ4v) is 3.34. The Morgan fingerprint density at radius 1 is 1.33 bits per heavy atom. The Labute approximate surface area is 94.3 Å². The maximum Gasteiger partial charge on any atom is 0.00955 e. The highest BCUT2D eigenvalue weighted by atomic mass is 14.9. The van der Waals surface area contributed by atoms with Crippen LogP contribution in [0.25, 0.3) is 0 Å². The summed E-state index contributed by atoms with van der Waals surface area (Å²) in [4.78, 5) is 0. The quantitative estimate of drug-likeness (QED) is 0.498. The van der Waals surface area contributed by atoms with Crippen LogP contribution in [0, 0.1) is 17.8 Å². The van der Waals surface area contributed by atoms with Crippen LogP contribution >= 0.6 is 0 Å². The summed E-state index contributed by atoms with van der Waals surface area (Å²) in [6.45, 7) is 7.16. The zero-order chi connectivity index (χ0) is 10.7. The summed E-state index contributed by atoms with van der Waals surface area (Å²) in [6, 6.07) is 0.794. The van der Waals surface area contributed by atoms with E-state index in [1.807, 2.05) is 0 Å². The van der Waals surface area contributed by atoms with Crippen molar-refractivity contribution in [1.29, 1.82) is 0 Å². The first-order valence-electron chi connectivity index (χ1n) is 6.69. The first kappa shape index (κ1) is 11.2. The molecule has 1 N–H and O–H groups in total. The summed E-state index contributed by atoms with van der Waals surface area (Å²) in [6.07, 6.45) is 10.5. The standard InChI is InChI=1S/C14H25N/c1-3-5-6-7-14(15-4-2)13-9-11-8-12(11)10-13/h3,11-15H,1,4-10H2,2H3. The smallest absolute Gasteiger partial charge is 0.00955 e. The predicted molar refractivity (Wildman–Crippen MR) is 65.8 cm³/mol. The molecule has 2 saturated carbocycles. The maximum absolute atomic E-state index is 3.80. The van der Waals surface area contributed by atoms with E-state index in [1.165, 1.54) is 32.1 Å². The number of unbranched alkanes of at least 4 members (excludes halogenated alkanes) is 1. The molecule has 1 heteroatoms. The molecule has 0 aromatic rings. The topological polar surface area (TPSA) is 12.0 Å². The van der Waals surface area contributed by atoms with Gasteiger partial charge < -0.3 is 5.32 Å². The first-order valence-corrected chi connectivity index (χ1v) is 6.69. The Bertz CT molecular complexity index is 201. The summed E-state index contributed by atoms with van der Waals surface area (Å²) in [5.41, 5.74) is 0. The Kier molecular flexibility index (Phi) is 3.85. The highest BCUT2D eigenvalue weighted by molar-refractivity contribution is 4.99. The molecule has 0 aromatic heterocycles. The molecule has 2 fully saturated rings. The van der Waals surface area contributed by atoms with Crippen molar-refractivity contribution in [2.24, 2.45) is 17.8 Å². The van der Waals surface area contributed by atoms with Crippen LogP contribution in [0.5, 0.6) is 0 Å². The second-order valence-corrected chi connectivity index (χ2v) is 5.37. The van der Waals surface area contributed by atoms with Crippen molar-refractivity contribution in [3.63, 3.8) is 0 Å². The first-order chi connectivity index (χ1) is 7.35. The average molecular weight is 207 g/mol. The van der Waals surface area contributed by atoms with Gasteiger partial charge in [0.05, 0.1) is 0 Å². The molecule has 1 nitrogen and oxygen atoms in total. The second kappa shape index (κ2) is 5.16. The van der Waals surface area contributed by atoms with Gasteiger partial charge in [0.15, 0.2) is 0 Å². The molecule has 0 heterocycles. The van der Waals surface area contributed by atoms with Crippen molar-refractivity contribution >= 4 is 0 Å². The number of allylic oxidation sites excluding steroid dienone is 1. The van der Waals surface area contributed by atoms with Crippen LogP contribution in [0.1, 0.15) is 45.4 Å². The summed E-state index contributed by atoms with van der Waals surface area (Å²) < 4.78 is 0. The second-order valence-electron chi connectivity index (χ2n) is 5.37. The predicted octanol–water partition coefficient (Wildman–Crippen LogP) is 3.37. The van der Waals surface area contributed by atoms with E-state index >= 15 is 0 Å². The van der Waals surface area contributed by atoms with E-state index in [-0.39, 0.29) is 0 Å². The number of hydrogen-bond acceptors (Lipinski definition) is 1. The van der Waals surface area contributed by atoms with Crippen molar-refractivity contribution in [3.05, 3.63) is 12.7 Å². The van der Waals surface area contributed by atoms with Gasteiger partial charge in [-0.3, -0.25) is 0 Å². The lowest BCUT2D eigenvalue weighted by molar-refractivity contribution is 0.318. The lowest BCUT2D eigenvalue weighted by Gasteiger charge is -2.25. The maximum atomic E-state index is 3.80. The van der Waals surface area contributed by atoms with Crippen LogP contribution < -0.4 is 5.32 Å². The summed E-state index contributed by atoms with van der Waals surface area (Å²) in [7, 11) is 0. The molecule has 15 heavy (non-hydrogen) atoms. The molecule has 0 bridgehead atoms. The number of nitrogens with one attached hydrogen (secondary N) is 1. The molecule has 3 atom stereocenters. The molecule has 86 valence electrons. The molecule has 2 aliphatic carbocycles. The van der Waals surface area contributed by atoms with Gasteiger partial charge in [0, 0.05) is 6.04 Å². The minimum Gasteiger partial charge on any atom is -0.314 e. The molecule has 2 aliphatic rings. The minimum atomic E-state index is 0.794. The number of rotatable bonds is 7. The third-order valence-electron chi connectivity index (χ3n) is 4.24. The summed E-state index contributed by atoms with van der Waals surface area (Å²) >= 11 is 0. The van der Waals surface area contributed by atoms with Crippen LogP contribution in [0.2, 0.25) is 0 Å². The molecule has 0 radical (unpaired) electrons. The van der Waals surface area contributed by atoms with Gasteiger partial charge in [-0.2, -0.15) is 0 Å². The molecule has 0 aromatic carbocycles. The van der Waals surface area contributed by atoms with Gasteiger partial charge in [-0.25, -0.2) is 0 Å². The molecular weight excluding hydrogens is 182 g/mol. The van der Waals surface area contributed by atoms with Gasteiger partial charge in [-0.1, -0.05) is 13.0 Å². The van der Waals surface area contributed by atoms with E-state index in [0.717, 1.165) is 30.3 Å². The van der Waals surface area contributed by atoms with E-state index in [0.29, 0.717) is 0 Å². The third kappa shape index (κ3) is 2.84. The van der Waals surface area contributed by atoms with Crippen LogP contribution in [0.4, 0.5) is 0 Å². The summed E-state index contributed by atoms with van der Waals surface area (Å²) in [5, 5.41) is 3.69. The highest BCUT2D eigenvalue weighted by Gasteiger charge is 2.47.